The van der Waals surface area contributed by atoms with E-state index in [1.54, 1.807) is 0 Å². The van der Waals surface area contributed by atoms with Crippen LogP contribution in [0.3, 0.4) is 0 Å². The van der Waals surface area contributed by atoms with Crippen molar-refractivity contribution in [1.29, 1.82) is 0 Å². The third kappa shape index (κ3) is 6.05. The second-order valence-electron chi connectivity index (χ2n) is 21.4. The Labute approximate surface area is 382 Å². The third-order valence-corrected chi connectivity index (χ3v) is 19.2. The molecule has 0 atom stereocenters. The Balaban J connectivity index is 1.33. The van der Waals surface area contributed by atoms with Gasteiger partial charge in [-0.05, 0) is 130 Å². The number of anilines is 6. The van der Waals surface area contributed by atoms with Gasteiger partial charge in [0.1, 0.15) is 0 Å². The smallest absolute Gasteiger partial charge is 0.251 e. The second-order valence-corrected chi connectivity index (χ2v) is 25.2. The standard InChI is InChI=1S/C60H57BN2Si/c1-58(2,3)42-30-34-46(35-31-42)63-50-27-19-26-49-55(50)61-56-51(62(49)45-32-28-41(29-33-45)40-20-13-10-14-21-40)36-43(59(4,5)6)38-53(56)64(47-22-15-11-16-23-47,48-24-17-12-18-25-48)54-39-44(60(7,8)9)37-52(63)57(54)61/h10-39H,1-9H3. The van der Waals surface area contributed by atoms with Gasteiger partial charge in [0.05, 0.1) is 0 Å². The van der Waals surface area contributed by atoms with Crippen LogP contribution in [0.15, 0.2) is 182 Å². The van der Waals surface area contributed by atoms with Crippen molar-refractivity contribution in [2.45, 2.75) is 78.6 Å². The minimum absolute atomic E-state index is 0.0436. The van der Waals surface area contributed by atoms with Crippen molar-refractivity contribution in [1.82, 2.24) is 0 Å². The monoisotopic (exact) mass is 844 g/mol. The summed E-state index contributed by atoms with van der Waals surface area (Å²) in [5.74, 6) is 0. The van der Waals surface area contributed by atoms with Crippen LogP contribution in [-0.2, 0) is 16.2 Å². The predicted molar refractivity (Wildman–Crippen MR) is 279 cm³/mol. The molecule has 314 valence electrons. The molecule has 0 N–H and O–H groups in total. The van der Waals surface area contributed by atoms with E-state index in [2.05, 4.69) is 254 Å². The maximum atomic E-state index is 2.67. The zero-order chi connectivity index (χ0) is 44.3. The summed E-state index contributed by atoms with van der Waals surface area (Å²) in [5.41, 5.74) is 18.1. The number of nitrogens with zero attached hydrogens (tertiary/aromatic N) is 2. The fourth-order valence-electron chi connectivity index (χ4n) is 11.1. The lowest BCUT2D eigenvalue weighted by Crippen LogP contribution is -2.88. The lowest BCUT2D eigenvalue weighted by molar-refractivity contribution is 0.590. The van der Waals surface area contributed by atoms with Crippen molar-refractivity contribution in [2.75, 3.05) is 9.80 Å². The van der Waals surface area contributed by atoms with Crippen LogP contribution >= 0.6 is 0 Å². The molecule has 0 saturated carbocycles. The van der Waals surface area contributed by atoms with E-state index >= 15 is 0 Å². The quantitative estimate of drug-likeness (QED) is 0.159. The van der Waals surface area contributed by atoms with Crippen molar-refractivity contribution in [3.05, 3.63) is 199 Å². The van der Waals surface area contributed by atoms with E-state index < -0.39 is 8.07 Å². The summed E-state index contributed by atoms with van der Waals surface area (Å²) in [6.45, 7) is 21.3. The molecule has 0 radical (unpaired) electrons. The van der Waals surface area contributed by atoms with Crippen molar-refractivity contribution in [2.24, 2.45) is 0 Å². The first-order valence-electron chi connectivity index (χ1n) is 23.1. The maximum absolute atomic E-state index is 3.08. The van der Waals surface area contributed by atoms with Crippen LogP contribution in [0.4, 0.5) is 34.1 Å². The Hall–Kier alpha value is -6.36. The number of hydrogen-bond donors (Lipinski definition) is 0. The van der Waals surface area contributed by atoms with E-state index in [1.165, 1.54) is 99.1 Å². The highest BCUT2D eigenvalue weighted by molar-refractivity contribution is 7.27. The zero-order valence-corrected chi connectivity index (χ0v) is 39.8. The summed E-state index contributed by atoms with van der Waals surface area (Å²) < 4.78 is 0. The molecule has 64 heavy (non-hydrogen) atoms. The minimum atomic E-state index is -3.08. The molecule has 3 aliphatic rings. The van der Waals surface area contributed by atoms with Crippen molar-refractivity contribution in [3.8, 4) is 11.1 Å². The van der Waals surface area contributed by atoms with Gasteiger partial charge in [-0.2, -0.15) is 0 Å². The van der Waals surface area contributed by atoms with Gasteiger partial charge < -0.3 is 9.80 Å². The average molecular weight is 845 g/mol. The van der Waals surface area contributed by atoms with Crippen LogP contribution in [0.1, 0.15) is 79.0 Å². The zero-order valence-electron chi connectivity index (χ0n) is 38.8. The SMILES string of the molecule is CC(C)(C)c1ccc(N2c3cccc4c3B3c5c(cc(C(C)(C)C)cc5[Si](c5ccccc5)(c5ccccc5)c5cc(C(C)(C)C)cc2c53)N4c2ccc(-c3ccccc3)cc2)cc1. The summed E-state index contributed by atoms with van der Waals surface area (Å²) in [5, 5.41) is 5.87. The molecule has 0 saturated heterocycles. The van der Waals surface area contributed by atoms with Crippen LogP contribution in [0.5, 0.6) is 0 Å². The van der Waals surface area contributed by atoms with Crippen LogP contribution in [0.25, 0.3) is 11.1 Å². The number of benzene rings is 8. The topological polar surface area (TPSA) is 6.48 Å². The summed E-state index contributed by atoms with van der Waals surface area (Å²) in [6.07, 6.45) is 0. The Kier molecular flexibility index (Phi) is 9.05. The van der Waals surface area contributed by atoms with E-state index in [0.717, 1.165) is 0 Å². The van der Waals surface area contributed by atoms with E-state index in [9.17, 15) is 0 Å². The fourth-order valence-corrected chi connectivity index (χ4v) is 16.4. The summed E-state index contributed by atoms with van der Waals surface area (Å²) in [7, 11) is -3.08. The highest BCUT2D eigenvalue weighted by Crippen LogP contribution is 2.47. The van der Waals surface area contributed by atoms with Crippen LogP contribution < -0.4 is 46.9 Å². The first-order valence-corrected chi connectivity index (χ1v) is 25.1. The summed E-state index contributed by atoms with van der Waals surface area (Å²) in [4.78, 5) is 5.24. The molecule has 0 fully saturated rings. The minimum Gasteiger partial charge on any atom is -0.311 e. The molecule has 11 rings (SSSR count). The van der Waals surface area contributed by atoms with Gasteiger partial charge in [0.25, 0.3) is 6.71 Å². The van der Waals surface area contributed by atoms with Gasteiger partial charge in [0.2, 0.25) is 0 Å². The molecule has 3 aliphatic heterocycles. The molecule has 0 bridgehead atoms. The Bertz CT molecular complexity index is 3040. The molecule has 0 spiro atoms. The largest absolute Gasteiger partial charge is 0.311 e. The van der Waals surface area contributed by atoms with Gasteiger partial charge >= 0.3 is 0 Å². The van der Waals surface area contributed by atoms with Crippen molar-refractivity contribution < 1.29 is 0 Å². The van der Waals surface area contributed by atoms with E-state index in [1.807, 2.05) is 0 Å². The molecular formula is C60H57BN2Si. The maximum Gasteiger partial charge on any atom is 0.251 e. The molecule has 4 heteroatoms. The first kappa shape index (κ1) is 40.4. The van der Waals surface area contributed by atoms with Gasteiger partial charge in [0, 0.05) is 34.1 Å². The Morgan fingerprint density at radius 3 is 1.16 bits per heavy atom. The number of hydrogen-bond acceptors (Lipinski definition) is 2. The summed E-state index contributed by atoms with van der Waals surface area (Å²) >= 11 is 0. The van der Waals surface area contributed by atoms with E-state index in [-0.39, 0.29) is 23.0 Å². The van der Waals surface area contributed by atoms with Gasteiger partial charge in [-0.3, -0.25) is 0 Å². The molecule has 0 unspecified atom stereocenters. The van der Waals surface area contributed by atoms with Crippen LogP contribution in [0, 0.1) is 0 Å². The highest BCUT2D eigenvalue weighted by atomic mass is 28.3. The molecule has 0 amide bonds. The van der Waals surface area contributed by atoms with E-state index in [0.29, 0.717) is 0 Å². The lowest BCUT2D eigenvalue weighted by Gasteiger charge is -2.52. The molecule has 0 aliphatic carbocycles. The highest BCUT2D eigenvalue weighted by Gasteiger charge is 2.57. The molecule has 2 nitrogen and oxygen atoms in total. The molecule has 8 aromatic carbocycles. The van der Waals surface area contributed by atoms with Crippen molar-refractivity contribution in [3.63, 3.8) is 0 Å². The average Bonchev–Trinajstić information content (AvgIpc) is 3.29. The van der Waals surface area contributed by atoms with Crippen molar-refractivity contribution >= 4 is 86.0 Å². The molecular weight excluding hydrogens is 788 g/mol. The molecule has 3 heterocycles. The third-order valence-electron chi connectivity index (χ3n) is 14.4. The Morgan fingerprint density at radius 2 is 0.734 bits per heavy atom. The molecule has 0 aromatic heterocycles. The first-order chi connectivity index (χ1) is 30.7. The normalized spacial score (nSPS) is 14.7. The number of rotatable bonds is 5. The molecule has 8 aromatic rings. The van der Waals surface area contributed by atoms with Crippen LogP contribution in [-0.4, -0.2) is 14.8 Å². The Morgan fingerprint density at radius 1 is 0.344 bits per heavy atom. The lowest BCUT2D eigenvalue weighted by atomic mass is 9.33. The van der Waals surface area contributed by atoms with Gasteiger partial charge in [-0.25, -0.2) is 0 Å². The van der Waals surface area contributed by atoms with Gasteiger partial charge in [-0.15, -0.1) is 0 Å². The second kappa shape index (κ2) is 14.3. The fraction of sp³-hybridized carbons (Fsp3) is 0.200. The van der Waals surface area contributed by atoms with Gasteiger partial charge in [-0.1, -0.05) is 196 Å². The van der Waals surface area contributed by atoms with E-state index in [4.69, 9.17) is 0 Å². The summed E-state index contributed by atoms with van der Waals surface area (Å²) in [6, 6.07) is 70.3. The van der Waals surface area contributed by atoms with Gasteiger partial charge in [0.15, 0.2) is 8.07 Å². The predicted octanol–water partition coefficient (Wildman–Crippen LogP) is 11.0. The van der Waals surface area contributed by atoms with Crippen LogP contribution in [0.2, 0.25) is 0 Å².